The Bertz CT molecular complexity index is 285. The minimum absolute atomic E-state index is 0.288. The Balaban J connectivity index is 2.87. The number of hydrogen-bond acceptors (Lipinski definition) is 1. The smallest absolute Gasteiger partial charge is 0.0138 e. The lowest BCUT2D eigenvalue weighted by Gasteiger charge is -2.11. The average Bonchev–Trinajstić information content (AvgIpc) is 2.20. The van der Waals surface area contributed by atoms with Crippen molar-refractivity contribution >= 4 is 0 Å². The average molecular weight is 189 g/mol. The molecule has 0 aliphatic rings. The standard InChI is InChI=1S/C13H19N/c1-4-11(9-14)13-7-5-12(6-8-13)10(2)3/h4-8,10-11H,1,9,14H2,2-3H3/t11-/m1/s1. The van der Waals surface area contributed by atoms with Gasteiger partial charge in [0.15, 0.2) is 0 Å². The van der Waals surface area contributed by atoms with Gasteiger partial charge >= 0.3 is 0 Å². The zero-order valence-electron chi connectivity index (χ0n) is 9.03. The van der Waals surface area contributed by atoms with E-state index in [-0.39, 0.29) is 5.92 Å². The maximum absolute atomic E-state index is 5.64. The summed E-state index contributed by atoms with van der Waals surface area (Å²) in [7, 11) is 0. The monoisotopic (exact) mass is 189 g/mol. The molecule has 1 aromatic rings. The predicted octanol–water partition coefficient (Wildman–Crippen LogP) is 3.04. The third-order valence-electron chi connectivity index (χ3n) is 2.57. The molecule has 0 radical (unpaired) electrons. The molecule has 1 rings (SSSR count). The molecule has 0 saturated carbocycles. The summed E-state index contributed by atoms with van der Waals surface area (Å²) in [5, 5.41) is 0. The lowest BCUT2D eigenvalue weighted by atomic mass is 9.95. The molecule has 0 aliphatic carbocycles. The van der Waals surface area contributed by atoms with Crippen molar-refractivity contribution in [1.29, 1.82) is 0 Å². The van der Waals surface area contributed by atoms with Crippen LogP contribution >= 0.6 is 0 Å². The van der Waals surface area contributed by atoms with Crippen LogP contribution < -0.4 is 5.73 Å². The highest BCUT2D eigenvalue weighted by Crippen LogP contribution is 2.19. The predicted molar refractivity (Wildman–Crippen MR) is 62.5 cm³/mol. The van der Waals surface area contributed by atoms with E-state index >= 15 is 0 Å². The summed E-state index contributed by atoms with van der Waals surface area (Å²) in [5.74, 6) is 0.875. The highest BCUT2D eigenvalue weighted by molar-refractivity contribution is 5.29. The maximum Gasteiger partial charge on any atom is 0.0138 e. The van der Waals surface area contributed by atoms with Gasteiger partial charge in [-0.05, 0) is 17.0 Å². The fraction of sp³-hybridized carbons (Fsp3) is 0.385. The third-order valence-corrected chi connectivity index (χ3v) is 2.57. The van der Waals surface area contributed by atoms with E-state index in [1.54, 1.807) is 0 Å². The summed E-state index contributed by atoms with van der Waals surface area (Å²) in [5.41, 5.74) is 8.27. The molecule has 0 amide bonds. The van der Waals surface area contributed by atoms with Crippen LogP contribution in [0.4, 0.5) is 0 Å². The second-order valence-electron chi connectivity index (χ2n) is 3.90. The Morgan fingerprint density at radius 2 is 1.71 bits per heavy atom. The lowest BCUT2D eigenvalue weighted by Crippen LogP contribution is -2.09. The Labute approximate surface area is 86.6 Å². The van der Waals surface area contributed by atoms with Crippen LogP contribution in [-0.4, -0.2) is 6.54 Å². The first-order valence-corrected chi connectivity index (χ1v) is 5.11. The van der Waals surface area contributed by atoms with Crippen LogP contribution in [0.3, 0.4) is 0 Å². The number of rotatable bonds is 4. The van der Waals surface area contributed by atoms with Gasteiger partial charge in [-0.2, -0.15) is 0 Å². The maximum atomic E-state index is 5.64. The summed E-state index contributed by atoms with van der Waals surface area (Å²) < 4.78 is 0. The van der Waals surface area contributed by atoms with Crippen molar-refractivity contribution in [3.63, 3.8) is 0 Å². The molecule has 0 spiro atoms. The molecule has 0 aromatic heterocycles. The molecule has 0 bridgehead atoms. The first-order valence-electron chi connectivity index (χ1n) is 5.11. The minimum atomic E-state index is 0.288. The van der Waals surface area contributed by atoms with Gasteiger partial charge in [-0.25, -0.2) is 0 Å². The molecule has 0 saturated heterocycles. The van der Waals surface area contributed by atoms with Crippen molar-refractivity contribution in [2.75, 3.05) is 6.54 Å². The molecule has 0 unspecified atom stereocenters. The Hall–Kier alpha value is -1.08. The van der Waals surface area contributed by atoms with Crippen molar-refractivity contribution in [2.45, 2.75) is 25.7 Å². The summed E-state index contributed by atoms with van der Waals surface area (Å²) >= 11 is 0. The van der Waals surface area contributed by atoms with Gasteiger partial charge < -0.3 is 5.73 Å². The van der Waals surface area contributed by atoms with Gasteiger partial charge in [0.05, 0.1) is 0 Å². The van der Waals surface area contributed by atoms with Crippen LogP contribution in [0.15, 0.2) is 36.9 Å². The normalized spacial score (nSPS) is 12.9. The second kappa shape index (κ2) is 4.97. The van der Waals surface area contributed by atoms with Crippen LogP contribution in [0, 0.1) is 0 Å². The molecule has 1 aromatic carbocycles. The number of benzene rings is 1. The van der Waals surface area contributed by atoms with Crippen molar-refractivity contribution in [3.05, 3.63) is 48.0 Å². The molecular formula is C13H19N. The summed E-state index contributed by atoms with van der Waals surface area (Å²) in [4.78, 5) is 0. The van der Waals surface area contributed by atoms with Crippen molar-refractivity contribution in [1.82, 2.24) is 0 Å². The summed E-state index contributed by atoms with van der Waals surface area (Å²) in [6.45, 7) is 8.81. The second-order valence-corrected chi connectivity index (χ2v) is 3.90. The molecule has 2 N–H and O–H groups in total. The van der Waals surface area contributed by atoms with Crippen molar-refractivity contribution < 1.29 is 0 Å². The van der Waals surface area contributed by atoms with Gasteiger partial charge in [-0.3, -0.25) is 0 Å². The first-order chi connectivity index (χ1) is 6.69. The largest absolute Gasteiger partial charge is 0.330 e. The molecule has 1 nitrogen and oxygen atoms in total. The molecule has 1 heteroatoms. The van der Waals surface area contributed by atoms with Gasteiger partial charge in [0, 0.05) is 12.5 Å². The van der Waals surface area contributed by atoms with E-state index in [0.29, 0.717) is 12.5 Å². The van der Waals surface area contributed by atoms with Crippen LogP contribution in [0.2, 0.25) is 0 Å². The minimum Gasteiger partial charge on any atom is -0.330 e. The van der Waals surface area contributed by atoms with Gasteiger partial charge in [0.1, 0.15) is 0 Å². The Morgan fingerprint density at radius 1 is 1.21 bits per heavy atom. The van der Waals surface area contributed by atoms with Crippen LogP contribution in [-0.2, 0) is 0 Å². The van der Waals surface area contributed by atoms with Gasteiger partial charge in [0.25, 0.3) is 0 Å². The number of hydrogen-bond donors (Lipinski definition) is 1. The van der Waals surface area contributed by atoms with E-state index in [0.717, 1.165) is 0 Å². The third kappa shape index (κ3) is 2.46. The van der Waals surface area contributed by atoms with Gasteiger partial charge in [0.2, 0.25) is 0 Å². The highest BCUT2D eigenvalue weighted by atomic mass is 14.5. The van der Waals surface area contributed by atoms with Crippen LogP contribution in [0.25, 0.3) is 0 Å². The van der Waals surface area contributed by atoms with Crippen LogP contribution in [0.5, 0.6) is 0 Å². The van der Waals surface area contributed by atoms with E-state index in [1.807, 2.05) is 6.08 Å². The first kappa shape index (κ1) is 11.0. The van der Waals surface area contributed by atoms with Gasteiger partial charge in [-0.1, -0.05) is 44.2 Å². The summed E-state index contributed by atoms with van der Waals surface area (Å²) in [6, 6.07) is 8.64. The van der Waals surface area contributed by atoms with E-state index < -0.39 is 0 Å². The van der Waals surface area contributed by atoms with Crippen molar-refractivity contribution in [3.8, 4) is 0 Å². The lowest BCUT2D eigenvalue weighted by molar-refractivity contribution is 0.838. The van der Waals surface area contributed by atoms with Crippen molar-refractivity contribution in [2.24, 2.45) is 5.73 Å². The molecule has 0 fully saturated rings. The molecular weight excluding hydrogens is 170 g/mol. The fourth-order valence-electron chi connectivity index (χ4n) is 1.50. The summed E-state index contributed by atoms with van der Waals surface area (Å²) in [6.07, 6.45) is 1.91. The topological polar surface area (TPSA) is 26.0 Å². The quantitative estimate of drug-likeness (QED) is 0.724. The van der Waals surface area contributed by atoms with Crippen LogP contribution in [0.1, 0.15) is 36.8 Å². The van der Waals surface area contributed by atoms with E-state index in [2.05, 4.69) is 44.7 Å². The van der Waals surface area contributed by atoms with E-state index in [4.69, 9.17) is 5.73 Å². The molecule has 0 aliphatic heterocycles. The Morgan fingerprint density at radius 3 is 2.07 bits per heavy atom. The molecule has 14 heavy (non-hydrogen) atoms. The Kier molecular flexibility index (Phi) is 3.90. The zero-order chi connectivity index (χ0) is 10.6. The SMILES string of the molecule is C=C[C@H](CN)c1ccc(C(C)C)cc1. The number of nitrogens with two attached hydrogens (primary N) is 1. The fourth-order valence-corrected chi connectivity index (χ4v) is 1.50. The molecule has 1 atom stereocenters. The molecule has 0 heterocycles. The highest BCUT2D eigenvalue weighted by Gasteiger charge is 2.05. The molecule has 76 valence electrons. The van der Waals surface area contributed by atoms with Gasteiger partial charge in [-0.15, -0.1) is 6.58 Å². The van der Waals surface area contributed by atoms with E-state index in [9.17, 15) is 0 Å². The zero-order valence-corrected chi connectivity index (χ0v) is 9.03. The van der Waals surface area contributed by atoms with E-state index in [1.165, 1.54) is 11.1 Å².